The van der Waals surface area contributed by atoms with Crippen molar-refractivity contribution in [2.75, 3.05) is 0 Å². The second-order valence-corrected chi connectivity index (χ2v) is 20.6. The fourth-order valence-electron chi connectivity index (χ4n) is 7.35. The first kappa shape index (κ1) is 32.9. The molecule has 0 fully saturated rings. The fourth-order valence-corrected chi connectivity index (χ4v) is 11.1. The average Bonchev–Trinajstić information content (AvgIpc) is 3.90. The maximum absolute atomic E-state index is 6.40. The van der Waals surface area contributed by atoms with Crippen LogP contribution in [0.2, 0.25) is 13.1 Å². The van der Waals surface area contributed by atoms with Crippen LogP contribution < -0.4 is 10.4 Å². The molecule has 8 aromatic rings. The van der Waals surface area contributed by atoms with Crippen molar-refractivity contribution in [3.8, 4) is 44.9 Å². The molecule has 236 valence electrons. The molecule has 0 saturated heterocycles. The summed E-state index contributed by atoms with van der Waals surface area (Å²) in [6, 6.07) is 48.1. The van der Waals surface area contributed by atoms with Crippen molar-refractivity contribution in [3.05, 3.63) is 145 Å². The summed E-state index contributed by atoms with van der Waals surface area (Å²) in [7, 11) is 7.30. The van der Waals surface area contributed by atoms with Crippen molar-refractivity contribution in [1.82, 2.24) is 0 Å². The molecule has 0 radical (unpaired) electrons. The van der Waals surface area contributed by atoms with Gasteiger partial charge in [-0.25, -0.2) is 0 Å². The van der Waals surface area contributed by atoms with E-state index in [4.69, 9.17) is 25.9 Å². The molecule has 0 spiro atoms. The van der Waals surface area contributed by atoms with Crippen LogP contribution in [-0.2, 0) is 20.8 Å². The third kappa shape index (κ3) is 5.94. The molecule has 2 heterocycles. The van der Waals surface area contributed by atoms with Gasteiger partial charge in [0, 0.05) is 8.07 Å². The second-order valence-electron chi connectivity index (χ2n) is 12.7. The van der Waals surface area contributed by atoms with Gasteiger partial charge in [0.05, 0.1) is 23.0 Å². The monoisotopic (exact) mass is 758 g/mol. The van der Waals surface area contributed by atoms with Crippen LogP contribution in [0.1, 0.15) is 11.5 Å². The quantitative estimate of drug-likeness (QED) is 0.125. The van der Waals surface area contributed by atoms with E-state index >= 15 is 0 Å². The number of hydrogen-bond acceptors (Lipinski definition) is 2. The van der Waals surface area contributed by atoms with Crippen molar-refractivity contribution < 1.29 is 29.7 Å². The van der Waals surface area contributed by atoms with Crippen LogP contribution in [0, 0.1) is 13.8 Å². The van der Waals surface area contributed by atoms with E-state index in [1.54, 1.807) is 0 Å². The molecule has 48 heavy (non-hydrogen) atoms. The maximum atomic E-state index is 6.40. The summed E-state index contributed by atoms with van der Waals surface area (Å²) < 4.78 is 12.8. The van der Waals surface area contributed by atoms with Gasteiger partial charge >= 0.3 is 37.9 Å². The number of hydrogen-bond donors (Lipinski definition) is 0. The van der Waals surface area contributed by atoms with Gasteiger partial charge in [0.1, 0.15) is 0 Å². The van der Waals surface area contributed by atoms with Gasteiger partial charge < -0.3 is 8.83 Å². The first-order chi connectivity index (χ1) is 23.3. The van der Waals surface area contributed by atoms with E-state index in [9.17, 15) is 0 Å². The summed E-state index contributed by atoms with van der Waals surface area (Å²) >= 11 is -0.826. The first-order valence-electron chi connectivity index (χ1n) is 16.0. The number of rotatable bonds is 6. The SMILES string of the molecule is Cc1ccc(-c2[cH-]c3cccc(-c4ccccc4)c3c2[Si](C)(C)c2c(-c3ccc(C)o3)[cH-]c3cccc(-c4ccccc4)c23)o1.[Cl][Zr+2][Cl]. The second kappa shape index (κ2) is 13.7. The van der Waals surface area contributed by atoms with E-state index < -0.39 is 28.9 Å². The molecule has 0 amide bonds. The predicted molar refractivity (Wildman–Crippen MR) is 203 cm³/mol. The van der Waals surface area contributed by atoms with Gasteiger partial charge in [-0.15, -0.1) is 56.2 Å². The summed E-state index contributed by atoms with van der Waals surface area (Å²) in [5.74, 6) is 3.68. The van der Waals surface area contributed by atoms with Crippen LogP contribution in [0.4, 0.5) is 0 Å². The molecule has 6 heteroatoms. The van der Waals surface area contributed by atoms with Gasteiger partial charge in [-0.3, -0.25) is 0 Å². The zero-order valence-corrected chi connectivity index (χ0v) is 32.2. The predicted octanol–water partition coefficient (Wildman–Crippen LogP) is 12.1. The first-order valence-corrected chi connectivity index (χ1v) is 25.3. The molecule has 0 atom stereocenters. The Bertz CT molecular complexity index is 2180. The summed E-state index contributed by atoms with van der Waals surface area (Å²) in [5.41, 5.74) is 7.33. The fraction of sp³-hybridized carbons (Fsp3) is 0.0952. The standard InChI is InChI=1S/C42H34O2Si.2ClH.Zr/c1-27-21-23-37(43-27)35-25-31-17-11-19-33(29-13-7-5-8-14-29)39(31)41(35)45(3,4)42-36(38-24-22-28(2)44-38)26-32-18-12-20-34(40(32)42)30-15-9-6-10-16-30;;;/h5-26H,1-4H3;2*1H;/q-2;;;+4/p-2. The van der Waals surface area contributed by atoms with E-state index in [-0.39, 0.29) is 0 Å². The third-order valence-electron chi connectivity index (χ3n) is 9.26. The van der Waals surface area contributed by atoms with E-state index in [1.165, 1.54) is 65.3 Å². The van der Waals surface area contributed by atoms with Gasteiger partial charge in [0.25, 0.3) is 0 Å². The van der Waals surface area contributed by atoms with Crippen LogP contribution in [0.3, 0.4) is 0 Å². The average molecular weight is 761 g/mol. The van der Waals surface area contributed by atoms with Crippen molar-refractivity contribution in [1.29, 1.82) is 0 Å². The Kier molecular flexibility index (Phi) is 9.37. The molecular formula is C42H34Cl2O2SiZr. The zero-order chi connectivity index (χ0) is 33.4. The van der Waals surface area contributed by atoms with Crippen LogP contribution in [-0.4, -0.2) is 8.07 Å². The number of benzene rings is 4. The summed E-state index contributed by atoms with van der Waals surface area (Å²) in [6.45, 7) is 9.08. The third-order valence-corrected chi connectivity index (χ3v) is 12.8. The normalized spacial score (nSPS) is 11.5. The Morgan fingerprint density at radius 3 is 1.27 bits per heavy atom. The molecular weight excluding hydrogens is 727 g/mol. The Morgan fingerprint density at radius 2 is 0.917 bits per heavy atom. The molecule has 0 aliphatic carbocycles. The van der Waals surface area contributed by atoms with Crippen molar-refractivity contribution in [2.24, 2.45) is 0 Å². The van der Waals surface area contributed by atoms with Crippen molar-refractivity contribution in [2.45, 2.75) is 26.9 Å². The number of aryl methyl sites for hydroxylation is 2. The van der Waals surface area contributed by atoms with Gasteiger partial charge in [-0.2, -0.15) is 0 Å². The van der Waals surface area contributed by atoms with Crippen molar-refractivity contribution >= 4 is 57.0 Å². The number of halogens is 2. The van der Waals surface area contributed by atoms with E-state index in [2.05, 4.69) is 147 Å². The van der Waals surface area contributed by atoms with Gasteiger partial charge in [-0.1, -0.05) is 120 Å². The number of furan rings is 2. The van der Waals surface area contributed by atoms with Gasteiger partial charge in [-0.05, 0) is 49.2 Å². The summed E-state index contributed by atoms with van der Waals surface area (Å²) in [6.07, 6.45) is 0. The summed E-state index contributed by atoms with van der Waals surface area (Å²) in [4.78, 5) is 0. The van der Waals surface area contributed by atoms with Gasteiger partial charge in [0.15, 0.2) is 0 Å². The minimum absolute atomic E-state index is 0.826. The Morgan fingerprint density at radius 1 is 0.521 bits per heavy atom. The topological polar surface area (TPSA) is 26.3 Å². The van der Waals surface area contributed by atoms with E-state index in [0.29, 0.717) is 0 Å². The zero-order valence-electron chi connectivity index (χ0n) is 27.3. The molecule has 2 nitrogen and oxygen atoms in total. The van der Waals surface area contributed by atoms with Crippen LogP contribution >= 0.6 is 17.0 Å². The van der Waals surface area contributed by atoms with Crippen LogP contribution in [0.25, 0.3) is 66.4 Å². The van der Waals surface area contributed by atoms with Crippen LogP contribution in [0.5, 0.6) is 0 Å². The number of fused-ring (bicyclic) bond motifs is 2. The molecule has 6 aromatic carbocycles. The van der Waals surface area contributed by atoms with E-state index in [0.717, 1.165) is 23.0 Å². The Balaban J connectivity index is 0.00000117. The molecule has 8 rings (SSSR count). The van der Waals surface area contributed by atoms with E-state index in [1.807, 2.05) is 13.8 Å². The Labute approximate surface area is 301 Å². The molecule has 0 saturated carbocycles. The van der Waals surface area contributed by atoms with Gasteiger partial charge in [0.2, 0.25) is 0 Å². The molecule has 0 bridgehead atoms. The summed E-state index contributed by atoms with van der Waals surface area (Å²) in [5, 5.41) is 7.91. The minimum atomic E-state index is -2.56. The Hall–Kier alpha value is -3.66. The molecule has 0 aliphatic heterocycles. The van der Waals surface area contributed by atoms with Crippen LogP contribution in [0.15, 0.2) is 142 Å². The molecule has 2 aromatic heterocycles. The molecule has 0 N–H and O–H groups in total. The molecule has 0 unspecified atom stereocenters. The van der Waals surface area contributed by atoms with Crippen molar-refractivity contribution in [3.63, 3.8) is 0 Å². The molecule has 0 aliphatic rings.